The normalized spacial score (nSPS) is 20.5. The van der Waals surface area contributed by atoms with Crippen LogP contribution < -0.4 is 0 Å². The number of hydrogen-bond donors (Lipinski definition) is 0. The van der Waals surface area contributed by atoms with Crippen molar-refractivity contribution in [1.29, 1.82) is 0 Å². The molecule has 0 unspecified atom stereocenters. The zero-order valence-corrected chi connectivity index (χ0v) is 13.5. The van der Waals surface area contributed by atoms with E-state index < -0.39 is 11.0 Å². The van der Waals surface area contributed by atoms with E-state index in [9.17, 15) is 9.59 Å². The standard InChI is InChI=1S/C15H27NO4/c1-14(2,3)20-13(18)16-10-8-7-9-11(16)15(4,5)12(17)19-6/h11H,7-10H2,1-6H3/t11-/m1/s1. The molecule has 116 valence electrons. The second-order valence-electron chi connectivity index (χ2n) is 6.90. The molecule has 0 N–H and O–H groups in total. The van der Waals surface area contributed by atoms with Crippen LogP contribution in [0.25, 0.3) is 0 Å². The third kappa shape index (κ3) is 3.87. The average molecular weight is 285 g/mol. The fourth-order valence-corrected chi connectivity index (χ4v) is 2.62. The maximum absolute atomic E-state index is 12.3. The zero-order chi connectivity index (χ0) is 15.6. The van der Waals surface area contributed by atoms with Crippen LogP contribution in [0.5, 0.6) is 0 Å². The van der Waals surface area contributed by atoms with Crippen molar-refractivity contribution in [1.82, 2.24) is 4.90 Å². The van der Waals surface area contributed by atoms with Crippen molar-refractivity contribution in [2.75, 3.05) is 13.7 Å². The quantitative estimate of drug-likeness (QED) is 0.732. The molecule has 1 aliphatic rings. The fourth-order valence-electron chi connectivity index (χ4n) is 2.62. The first-order valence-corrected chi connectivity index (χ1v) is 7.17. The van der Waals surface area contributed by atoms with Gasteiger partial charge in [0.1, 0.15) is 5.60 Å². The molecule has 0 bridgehead atoms. The summed E-state index contributed by atoms with van der Waals surface area (Å²) in [4.78, 5) is 26.0. The molecule has 1 heterocycles. The van der Waals surface area contributed by atoms with E-state index in [0.29, 0.717) is 6.54 Å². The smallest absolute Gasteiger partial charge is 0.410 e. The summed E-state index contributed by atoms with van der Waals surface area (Å²) in [5.41, 5.74) is -1.26. The fraction of sp³-hybridized carbons (Fsp3) is 0.867. The lowest BCUT2D eigenvalue weighted by molar-refractivity contribution is -0.155. The summed E-state index contributed by atoms with van der Waals surface area (Å²) in [5.74, 6) is -0.294. The Bertz CT molecular complexity index is 371. The summed E-state index contributed by atoms with van der Waals surface area (Å²) in [6, 6.07) is -0.182. The summed E-state index contributed by atoms with van der Waals surface area (Å²) >= 11 is 0. The average Bonchev–Trinajstić information content (AvgIpc) is 2.35. The van der Waals surface area contributed by atoms with Gasteiger partial charge in [-0.1, -0.05) is 0 Å². The summed E-state index contributed by atoms with van der Waals surface area (Å²) < 4.78 is 10.3. The van der Waals surface area contributed by atoms with Crippen molar-refractivity contribution in [3.8, 4) is 0 Å². The zero-order valence-electron chi connectivity index (χ0n) is 13.5. The molecule has 0 aliphatic carbocycles. The molecule has 0 aromatic heterocycles. The minimum absolute atomic E-state index is 0.182. The van der Waals surface area contributed by atoms with Crippen LogP contribution in [-0.2, 0) is 14.3 Å². The monoisotopic (exact) mass is 285 g/mol. The molecule has 20 heavy (non-hydrogen) atoms. The van der Waals surface area contributed by atoms with Crippen molar-refractivity contribution in [3.05, 3.63) is 0 Å². The molecule has 1 amide bonds. The van der Waals surface area contributed by atoms with E-state index in [-0.39, 0.29) is 18.1 Å². The van der Waals surface area contributed by atoms with Gasteiger partial charge >= 0.3 is 12.1 Å². The molecule has 1 aliphatic heterocycles. The summed E-state index contributed by atoms with van der Waals surface area (Å²) in [7, 11) is 1.38. The number of carbonyl (C=O) groups is 2. The number of piperidine rings is 1. The molecule has 0 radical (unpaired) electrons. The topological polar surface area (TPSA) is 55.8 Å². The Hall–Kier alpha value is -1.26. The molecular weight excluding hydrogens is 258 g/mol. The molecule has 0 aromatic rings. The van der Waals surface area contributed by atoms with Gasteiger partial charge in [0, 0.05) is 6.54 Å². The Balaban J connectivity index is 2.92. The van der Waals surface area contributed by atoms with E-state index in [1.54, 1.807) is 4.90 Å². The Morgan fingerprint density at radius 3 is 2.20 bits per heavy atom. The molecule has 0 saturated carbocycles. The molecule has 1 fully saturated rings. The van der Waals surface area contributed by atoms with Gasteiger partial charge in [-0.2, -0.15) is 0 Å². The van der Waals surface area contributed by atoms with Gasteiger partial charge in [-0.15, -0.1) is 0 Å². The number of rotatable bonds is 2. The first-order valence-electron chi connectivity index (χ1n) is 7.17. The number of amides is 1. The largest absolute Gasteiger partial charge is 0.469 e. The van der Waals surface area contributed by atoms with Gasteiger partial charge in [-0.05, 0) is 53.9 Å². The van der Waals surface area contributed by atoms with Crippen molar-refractivity contribution in [2.24, 2.45) is 5.41 Å². The molecule has 0 aromatic carbocycles. The maximum atomic E-state index is 12.3. The number of carbonyl (C=O) groups excluding carboxylic acids is 2. The highest BCUT2D eigenvalue weighted by Gasteiger charge is 2.44. The van der Waals surface area contributed by atoms with Gasteiger partial charge in [-0.25, -0.2) is 4.79 Å². The van der Waals surface area contributed by atoms with Crippen LogP contribution in [-0.4, -0.2) is 42.3 Å². The second-order valence-corrected chi connectivity index (χ2v) is 6.90. The van der Waals surface area contributed by atoms with Crippen molar-refractivity contribution < 1.29 is 19.1 Å². The van der Waals surface area contributed by atoms with Crippen molar-refractivity contribution >= 4 is 12.1 Å². The van der Waals surface area contributed by atoms with E-state index in [4.69, 9.17) is 9.47 Å². The summed E-state index contributed by atoms with van der Waals surface area (Å²) in [6.07, 6.45) is 2.39. The number of likely N-dealkylation sites (tertiary alicyclic amines) is 1. The lowest BCUT2D eigenvalue weighted by Gasteiger charge is -2.43. The Kier molecular flexibility index (Phi) is 5.05. The summed E-state index contributed by atoms with van der Waals surface area (Å²) in [6.45, 7) is 9.80. The third-order valence-corrected chi connectivity index (χ3v) is 3.68. The second kappa shape index (κ2) is 6.02. The molecule has 1 saturated heterocycles. The number of hydrogen-bond acceptors (Lipinski definition) is 4. The first kappa shape index (κ1) is 16.8. The van der Waals surface area contributed by atoms with E-state index >= 15 is 0 Å². The van der Waals surface area contributed by atoms with Crippen LogP contribution in [0.1, 0.15) is 53.9 Å². The SMILES string of the molecule is COC(=O)C(C)(C)[C@H]1CCCCN1C(=O)OC(C)(C)C. The van der Waals surface area contributed by atoms with Gasteiger partial charge in [0.2, 0.25) is 0 Å². The molecule has 1 rings (SSSR count). The van der Waals surface area contributed by atoms with E-state index in [2.05, 4.69) is 0 Å². The first-order chi connectivity index (χ1) is 9.09. The third-order valence-electron chi connectivity index (χ3n) is 3.68. The summed E-state index contributed by atoms with van der Waals surface area (Å²) in [5, 5.41) is 0. The Labute approximate surface area is 121 Å². The molecule has 1 atom stereocenters. The van der Waals surface area contributed by atoms with Crippen LogP contribution in [0.4, 0.5) is 4.79 Å². The Morgan fingerprint density at radius 1 is 1.10 bits per heavy atom. The predicted molar refractivity (Wildman–Crippen MR) is 76.4 cm³/mol. The number of ether oxygens (including phenoxy) is 2. The molecule has 5 nitrogen and oxygen atoms in total. The molecule has 0 spiro atoms. The van der Waals surface area contributed by atoms with Gasteiger partial charge in [-0.3, -0.25) is 4.79 Å². The highest BCUT2D eigenvalue weighted by molar-refractivity contribution is 5.78. The molecular formula is C15H27NO4. The minimum Gasteiger partial charge on any atom is -0.469 e. The Morgan fingerprint density at radius 2 is 1.70 bits per heavy atom. The number of esters is 1. The minimum atomic E-state index is -0.730. The van der Waals surface area contributed by atoms with Gasteiger partial charge in [0.15, 0.2) is 0 Å². The van der Waals surface area contributed by atoms with Crippen molar-refractivity contribution in [3.63, 3.8) is 0 Å². The van der Waals surface area contributed by atoms with Gasteiger partial charge < -0.3 is 14.4 Å². The highest BCUT2D eigenvalue weighted by Crippen LogP contribution is 2.34. The van der Waals surface area contributed by atoms with Gasteiger partial charge in [0.05, 0.1) is 18.6 Å². The number of nitrogens with zero attached hydrogens (tertiary/aromatic N) is 1. The maximum Gasteiger partial charge on any atom is 0.410 e. The van der Waals surface area contributed by atoms with Crippen LogP contribution >= 0.6 is 0 Å². The van der Waals surface area contributed by atoms with E-state index in [1.807, 2.05) is 34.6 Å². The lowest BCUT2D eigenvalue weighted by atomic mass is 9.79. The lowest BCUT2D eigenvalue weighted by Crippen LogP contribution is -2.55. The highest BCUT2D eigenvalue weighted by atomic mass is 16.6. The molecule has 5 heteroatoms. The van der Waals surface area contributed by atoms with Gasteiger partial charge in [0.25, 0.3) is 0 Å². The van der Waals surface area contributed by atoms with E-state index in [1.165, 1.54) is 7.11 Å². The van der Waals surface area contributed by atoms with Crippen LogP contribution in [0, 0.1) is 5.41 Å². The number of methoxy groups -OCH3 is 1. The predicted octanol–water partition coefficient (Wildman–Crippen LogP) is 2.98. The van der Waals surface area contributed by atoms with E-state index in [0.717, 1.165) is 19.3 Å². The van der Waals surface area contributed by atoms with Crippen molar-refractivity contribution in [2.45, 2.75) is 65.5 Å². The van der Waals surface area contributed by atoms with Crippen LogP contribution in [0.3, 0.4) is 0 Å². The van der Waals surface area contributed by atoms with Crippen LogP contribution in [0.2, 0.25) is 0 Å². The van der Waals surface area contributed by atoms with Crippen LogP contribution in [0.15, 0.2) is 0 Å².